The molecule has 0 N–H and O–H groups in total. The zero-order valence-electron chi connectivity index (χ0n) is 25.3. The van der Waals surface area contributed by atoms with E-state index in [0.717, 1.165) is 44.5 Å². The van der Waals surface area contributed by atoms with E-state index in [1.54, 1.807) is 11.8 Å². The van der Waals surface area contributed by atoms with Crippen LogP contribution in [0.5, 0.6) is 0 Å². The van der Waals surface area contributed by atoms with Crippen LogP contribution in [0.15, 0.2) is 173 Å². The summed E-state index contributed by atoms with van der Waals surface area (Å²) < 4.78 is 6.60. The van der Waals surface area contributed by atoms with E-state index in [0.29, 0.717) is 5.89 Å². The fourth-order valence-corrected chi connectivity index (χ4v) is 6.77. The van der Waals surface area contributed by atoms with Crippen molar-refractivity contribution in [2.75, 3.05) is 11.2 Å². The standard InChI is InChI=1S/C42H30N2OS/c1-46-39-27-25-35(28-36(39)31-14-7-3-8-15-31)44(34-23-20-30(21-24-34)29-12-5-2-6-13-29)38-19-11-18-32-22-26-37-41(40(32)38)45-42(43-37)33-16-9-4-10-17-33/h2-28H,1H3. The molecule has 3 nitrogen and oxygen atoms in total. The lowest BCUT2D eigenvalue weighted by molar-refractivity contribution is 0.623. The Bertz CT molecular complexity index is 2280. The van der Waals surface area contributed by atoms with E-state index in [1.807, 2.05) is 30.3 Å². The van der Waals surface area contributed by atoms with Gasteiger partial charge in [-0.05, 0) is 88.5 Å². The number of anilines is 3. The van der Waals surface area contributed by atoms with Crippen LogP contribution < -0.4 is 4.90 Å². The van der Waals surface area contributed by atoms with Gasteiger partial charge in [0.2, 0.25) is 5.89 Å². The number of hydrogen-bond donors (Lipinski definition) is 0. The molecule has 0 aliphatic rings. The second-order valence-electron chi connectivity index (χ2n) is 11.2. The van der Waals surface area contributed by atoms with Gasteiger partial charge in [0, 0.05) is 21.8 Å². The molecule has 0 saturated carbocycles. The summed E-state index contributed by atoms with van der Waals surface area (Å²) in [4.78, 5) is 8.49. The van der Waals surface area contributed by atoms with Crippen molar-refractivity contribution < 1.29 is 4.42 Å². The lowest BCUT2D eigenvalue weighted by Gasteiger charge is -2.28. The van der Waals surface area contributed by atoms with Gasteiger partial charge in [0.05, 0.1) is 11.1 Å². The first kappa shape index (κ1) is 27.9. The molecule has 0 radical (unpaired) electrons. The lowest BCUT2D eigenvalue weighted by atomic mass is 10.0. The van der Waals surface area contributed by atoms with E-state index < -0.39 is 0 Å². The van der Waals surface area contributed by atoms with Gasteiger partial charge in [0.1, 0.15) is 5.52 Å². The Kier molecular flexibility index (Phi) is 7.33. The fourth-order valence-electron chi connectivity index (χ4n) is 6.17. The van der Waals surface area contributed by atoms with Crippen LogP contribution in [-0.2, 0) is 0 Å². The second kappa shape index (κ2) is 12.1. The molecule has 7 aromatic carbocycles. The van der Waals surface area contributed by atoms with Gasteiger partial charge in [-0.1, -0.05) is 109 Å². The average molecular weight is 611 g/mol. The lowest BCUT2D eigenvalue weighted by Crippen LogP contribution is -2.11. The molecule has 0 aliphatic carbocycles. The first-order valence-corrected chi connectivity index (χ1v) is 16.6. The number of nitrogens with zero attached hydrogens (tertiary/aromatic N) is 2. The Hall–Kier alpha value is -5.58. The minimum atomic E-state index is 0.618. The van der Waals surface area contributed by atoms with Crippen LogP contribution in [0.25, 0.3) is 55.6 Å². The molecule has 0 atom stereocenters. The summed E-state index contributed by atoms with van der Waals surface area (Å²) in [6.07, 6.45) is 2.14. The maximum Gasteiger partial charge on any atom is 0.227 e. The van der Waals surface area contributed by atoms with E-state index in [9.17, 15) is 0 Å². The number of oxazole rings is 1. The topological polar surface area (TPSA) is 29.3 Å². The fraction of sp³-hybridized carbons (Fsp3) is 0.0238. The van der Waals surface area contributed by atoms with Crippen molar-refractivity contribution >= 4 is 50.7 Å². The number of rotatable bonds is 7. The number of hydrogen-bond acceptors (Lipinski definition) is 4. The largest absolute Gasteiger partial charge is 0.435 e. The summed E-state index contributed by atoms with van der Waals surface area (Å²) in [6.45, 7) is 0. The molecule has 8 aromatic rings. The molecule has 0 unspecified atom stereocenters. The minimum Gasteiger partial charge on any atom is -0.435 e. The summed E-state index contributed by atoms with van der Waals surface area (Å²) in [6, 6.07) is 57.5. The first-order chi connectivity index (χ1) is 22.8. The van der Waals surface area contributed by atoms with Crippen LogP contribution in [0.2, 0.25) is 0 Å². The summed E-state index contributed by atoms with van der Waals surface area (Å²) in [5.41, 5.74) is 10.5. The highest BCUT2D eigenvalue weighted by molar-refractivity contribution is 7.98. The molecular formula is C42H30N2OS. The van der Waals surface area contributed by atoms with Crippen molar-refractivity contribution in [2.45, 2.75) is 4.90 Å². The molecule has 8 rings (SSSR count). The number of fused-ring (bicyclic) bond motifs is 3. The van der Waals surface area contributed by atoms with Crippen molar-refractivity contribution in [1.29, 1.82) is 0 Å². The Morgan fingerprint density at radius 3 is 1.87 bits per heavy atom. The summed E-state index contributed by atoms with van der Waals surface area (Å²) in [7, 11) is 0. The summed E-state index contributed by atoms with van der Waals surface area (Å²) >= 11 is 1.77. The highest BCUT2D eigenvalue weighted by Crippen LogP contribution is 2.44. The van der Waals surface area contributed by atoms with Gasteiger partial charge in [-0.25, -0.2) is 4.98 Å². The molecule has 0 fully saturated rings. The molecular weight excluding hydrogens is 581 g/mol. The molecule has 0 saturated heterocycles. The highest BCUT2D eigenvalue weighted by Gasteiger charge is 2.21. The molecule has 46 heavy (non-hydrogen) atoms. The summed E-state index contributed by atoms with van der Waals surface area (Å²) in [5, 5.41) is 2.12. The van der Waals surface area contributed by atoms with Gasteiger partial charge in [-0.15, -0.1) is 11.8 Å². The zero-order chi connectivity index (χ0) is 30.9. The van der Waals surface area contributed by atoms with Crippen LogP contribution in [-0.4, -0.2) is 11.2 Å². The molecule has 1 heterocycles. The number of aromatic nitrogens is 1. The molecule has 0 aliphatic heterocycles. The van der Waals surface area contributed by atoms with Crippen molar-refractivity contribution in [3.63, 3.8) is 0 Å². The third-order valence-corrected chi connectivity index (χ3v) is 9.19. The number of thioether (sulfide) groups is 1. The summed E-state index contributed by atoms with van der Waals surface area (Å²) in [5.74, 6) is 0.618. The van der Waals surface area contributed by atoms with Crippen LogP contribution in [0, 0.1) is 0 Å². The van der Waals surface area contributed by atoms with Gasteiger partial charge >= 0.3 is 0 Å². The Morgan fingerprint density at radius 1 is 0.543 bits per heavy atom. The first-order valence-electron chi connectivity index (χ1n) is 15.3. The predicted molar refractivity (Wildman–Crippen MR) is 194 cm³/mol. The van der Waals surface area contributed by atoms with E-state index in [-0.39, 0.29) is 0 Å². The van der Waals surface area contributed by atoms with Crippen molar-refractivity contribution in [3.8, 4) is 33.7 Å². The van der Waals surface area contributed by atoms with Gasteiger partial charge < -0.3 is 9.32 Å². The van der Waals surface area contributed by atoms with Crippen LogP contribution in [0.1, 0.15) is 0 Å². The SMILES string of the molecule is CSc1ccc(N(c2ccc(-c3ccccc3)cc2)c2cccc3ccc4nc(-c5ccccc5)oc4c23)cc1-c1ccccc1. The third kappa shape index (κ3) is 5.13. The van der Waals surface area contributed by atoms with Gasteiger partial charge in [-0.2, -0.15) is 0 Å². The van der Waals surface area contributed by atoms with E-state index in [1.165, 1.54) is 27.1 Å². The quantitative estimate of drug-likeness (QED) is 0.168. The number of benzene rings is 7. The van der Waals surface area contributed by atoms with E-state index >= 15 is 0 Å². The van der Waals surface area contributed by atoms with Crippen molar-refractivity contribution in [3.05, 3.63) is 164 Å². The van der Waals surface area contributed by atoms with Gasteiger partial charge in [-0.3, -0.25) is 0 Å². The molecule has 0 bridgehead atoms. The van der Waals surface area contributed by atoms with Crippen LogP contribution >= 0.6 is 11.8 Å². The molecule has 1 aromatic heterocycles. The van der Waals surface area contributed by atoms with Gasteiger partial charge in [0.25, 0.3) is 0 Å². The smallest absolute Gasteiger partial charge is 0.227 e. The Morgan fingerprint density at radius 2 is 1.17 bits per heavy atom. The normalized spacial score (nSPS) is 11.2. The monoisotopic (exact) mass is 610 g/mol. The maximum atomic E-state index is 6.60. The van der Waals surface area contributed by atoms with Gasteiger partial charge in [0.15, 0.2) is 5.58 Å². The van der Waals surface area contributed by atoms with Crippen molar-refractivity contribution in [2.24, 2.45) is 0 Å². The van der Waals surface area contributed by atoms with E-state index in [2.05, 4.69) is 145 Å². The average Bonchev–Trinajstić information content (AvgIpc) is 3.58. The van der Waals surface area contributed by atoms with E-state index in [4.69, 9.17) is 9.40 Å². The second-order valence-corrected chi connectivity index (χ2v) is 12.0. The Balaban J connectivity index is 1.37. The zero-order valence-corrected chi connectivity index (χ0v) is 26.1. The van der Waals surface area contributed by atoms with Crippen molar-refractivity contribution in [1.82, 2.24) is 4.98 Å². The molecule has 0 amide bonds. The Labute approximate surface area is 272 Å². The highest BCUT2D eigenvalue weighted by atomic mass is 32.2. The molecule has 0 spiro atoms. The van der Waals surface area contributed by atoms with Crippen LogP contribution in [0.3, 0.4) is 0 Å². The molecule has 4 heteroatoms. The third-order valence-electron chi connectivity index (χ3n) is 8.40. The van der Waals surface area contributed by atoms with Crippen LogP contribution in [0.4, 0.5) is 17.1 Å². The predicted octanol–water partition coefficient (Wildman–Crippen LogP) is 12.2. The minimum absolute atomic E-state index is 0.618. The molecule has 220 valence electrons. The maximum absolute atomic E-state index is 6.60.